The summed E-state index contributed by atoms with van der Waals surface area (Å²) in [5, 5.41) is 3.48. The van der Waals surface area contributed by atoms with Crippen molar-refractivity contribution < 1.29 is 0 Å². The molecule has 3 nitrogen and oxygen atoms in total. The molecule has 0 saturated carbocycles. The molecule has 0 saturated heterocycles. The molecule has 1 aliphatic carbocycles. The maximum Gasteiger partial charge on any atom is 0.0683 e. The summed E-state index contributed by atoms with van der Waals surface area (Å²) in [6.45, 7) is 19.2. The van der Waals surface area contributed by atoms with Gasteiger partial charge in [0.05, 0.1) is 11.4 Å². The summed E-state index contributed by atoms with van der Waals surface area (Å²) >= 11 is 0. The highest BCUT2D eigenvalue weighted by molar-refractivity contribution is 5.66. The van der Waals surface area contributed by atoms with Crippen LogP contribution in [0, 0.1) is 13.8 Å². The number of hydrogen-bond acceptors (Lipinski definition) is 3. The van der Waals surface area contributed by atoms with Gasteiger partial charge in [0.2, 0.25) is 0 Å². The Hall–Kier alpha value is -3.20. The van der Waals surface area contributed by atoms with Gasteiger partial charge in [0.15, 0.2) is 0 Å². The van der Waals surface area contributed by atoms with E-state index in [2.05, 4.69) is 80.2 Å². The van der Waals surface area contributed by atoms with Crippen LogP contribution in [0.25, 0.3) is 5.70 Å². The largest absolute Gasteiger partial charge is 0.397 e. The zero-order valence-electron chi connectivity index (χ0n) is 17.4. The Bertz CT molecular complexity index is 1070. The number of rotatable bonds is 5. The minimum Gasteiger partial charge on any atom is -0.397 e. The fourth-order valence-corrected chi connectivity index (χ4v) is 4.06. The van der Waals surface area contributed by atoms with Crippen molar-refractivity contribution in [1.29, 1.82) is 0 Å². The van der Waals surface area contributed by atoms with Crippen molar-refractivity contribution in [3.8, 4) is 0 Å². The van der Waals surface area contributed by atoms with Gasteiger partial charge in [0.25, 0.3) is 0 Å². The lowest BCUT2D eigenvalue weighted by Crippen LogP contribution is -2.37. The van der Waals surface area contributed by atoms with Crippen LogP contribution in [0.2, 0.25) is 0 Å². The van der Waals surface area contributed by atoms with E-state index in [-0.39, 0.29) is 0 Å². The van der Waals surface area contributed by atoms with E-state index in [1.807, 2.05) is 0 Å². The molecule has 0 fully saturated rings. The van der Waals surface area contributed by atoms with Crippen LogP contribution in [0.15, 0.2) is 78.7 Å². The minimum absolute atomic E-state index is 0.757. The summed E-state index contributed by atoms with van der Waals surface area (Å²) in [6, 6.07) is 13.2. The summed E-state index contributed by atoms with van der Waals surface area (Å²) in [4.78, 5) is 2.33. The summed E-state index contributed by atoms with van der Waals surface area (Å²) in [6.07, 6.45) is 1.02. The van der Waals surface area contributed by atoms with E-state index in [0.29, 0.717) is 0 Å². The zero-order chi connectivity index (χ0) is 20.7. The molecule has 0 radical (unpaired) electrons. The quantitative estimate of drug-likeness (QED) is 0.785. The summed E-state index contributed by atoms with van der Waals surface area (Å²) in [5.41, 5.74) is 18.6. The van der Waals surface area contributed by atoms with E-state index in [4.69, 9.17) is 5.73 Å². The maximum atomic E-state index is 6.15. The maximum absolute atomic E-state index is 6.15. The second-order valence-electron chi connectivity index (χ2n) is 8.13. The Morgan fingerprint density at radius 2 is 1.83 bits per heavy atom. The number of benzene rings is 2. The molecule has 0 atom stereocenters. The molecule has 1 aliphatic heterocycles. The van der Waals surface area contributed by atoms with Gasteiger partial charge in [0, 0.05) is 36.5 Å². The average molecular weight is 384 g/mol. The van der Waals surface area contributed by atoms with E-state index < -0.39 is 0 Å². The molecule has 0 aromatic heterocycles. The van der Waals surface area contributed by atoms with Crippen molar-refractivity contribution in [2.75, 3.05) is 6.54 Å². The fraction of sp³-hybridized carbons (Fsp3) is 0.231. The van der Waals surface area contributed by atoms with Gasteiger partial charge in [-0.3, -0.25) is 0 Å². The highest BCUT2D eigenvalue weighted by Gasteiger charge is 2.30. The third-order valence-electron chi connectivity index (χ3n) is 6.19. The molecule has 2 aromatic carbocycles. The number of fused-ring (bicyclic) bond motifs is 1. The Morgan fingerprint density at radius 1 is 1.03 bits per heavy atom. The number of nitrogens with one attached hydrogen (secondary N) is 1. The second-order valence-corrected chi connectivity index (χ2v) is 8.13. The van der Waals surface area contributed by atoms with E-state index >= 15 is 0 Å². The Balaban J connectivity index is 1.45. The van der Waals surface area contributed by atoms with Crippen LogP contribution in [0.1, 0.15) is 33.4 Å². The van der Waals surface area contributed by atoms with Gasteiger partial charge in [-0.25, -0.2) is 0 Å². The average Bonchev–Trinajstić information content (AvgIpc) is 2.73. The lowest BCUT2D eigenvalue weighted by atomic mass is 9.87. The molecule has 29 heavy (non-hydrogen) atoms. The molecule has 0 spiro atoms. The molecule has 3 N–H and O–H groups in total. The molecule has 3 heteroatoms. The van der Waals surface area contributed by atoms with Crippen molar-refractivity contribution in [1.82, 2.24) is 10.2 Å². The van der Waals surface area contributed by atoms with Crippen molar-refractivity contribution in [2.24, 2.45) is 5.73 Å². The summed E-state index contributed by atoms with van der Waals surface area (Å²) < 4.78 is 0. The number of nitrogens with two attached hydrogens (primary N) is 1. The van der Waals surface area contributed by atoms with Crippen LogP contribution in [0.5, 0.6) is 0 Å². The molecule has 0 bridgehead atoms. The van der Waals surface area contributed by atoms with Crippen molar-refractivity contribution in [2.45, 2.75) is 33.4 Å². The summed E-state index contributed by atoms with van der Waals surface area (Å²) in [5.74, 6) is 0. The first-order chi connectivity index (χ1) is 13.8. The third-order valence-corrected chi connectivity index (χ3v) is 6.19. The highest BCUT2D eigenvalue weighted by Crippen LogP contribution is 2.38. The van der Waals surface area contributed by atoms with Crippen LogP contribution in [0.3, 0.4) is 0 Å². The number of nitrogens with zero attached hydrogens (tertiary/aromatic N) is 1. The molecule has 0 unspecified atom stereocenters. The number of hydrogen-bond donors (Lipinski definition) is 2. The van der Waals surface area contributed by atoms with E-state index in [9.17, 15) is 0 Å². The van der Waals surface area contributed by atoms with Crippen LogP contribution in [-0.4, -0.2) is 11.4 Å². The minimum atomic E-state index is 0.757. The first kappa shape index (κ1) is 19.1. The van der Waals surface area contributed by atoms with Gasteiger partial charge in [-0.1, -0.05) is 50.1 Å². The van der Waals surface area contributed by atoms with Crippen molar-refractivity contribution in [3.63, 3.8) is 0 Å². The van der Waals surface area contributed by atoms with Crippen LogP contribution >= 0.6 is 0 Å². The van der Waals surface area contributed by atoms with Gasteiger partial charge < -0.3 is 16.0 Å². The van der Waals surface area contributed by atoms with Gasteiger partial charge >= 0.3 is 0 Å². The van der Waals surface area contributed by atoms with Gasteiger partial charge in [-0.15, -0.1) is 0 Å². The Morgan fingerprint density at radius 3 is 2.55 bits per heavy atom. The van der Waals surface area contributed by atoms with Gasteiger partial charge in [-0.2, -0.15) is 0 Å². The second kappa shape index (κ2) is 7.32. The predicted octanol–water partition coefficient (Wildman–Crippen LogP) is 4.72. The predicted molar refractivity (Wildman–Crippen MR) is 122 cm³/mol. The first-order valence-corrected chi connectivity index (χ1v) is 10.1. The van der Waals surface area contributed by atoms with E-state index in [1.54, 1.807) is 0 Å². The molecular weight excluding hydrogens is 354 g/mol. The monoisotopic (exact) mass is 383 g/mol. The lowest BCUT2D eigenvalue weighted by molar-refractivity contribution is 0.320. The third kappa shape index (κ3) is 3.49. The van der Waals surface area contributed by atoms with Crippen molar-refractivity contribution in [3.05, 3.63) is 112 Å². The molecule has 2 aromatic rings. The van der Waals surface area contributed by atoms with Crippen LogP contribution in [0.4, 0.5) is 0 Å². The zero-order valence-corrected chi connectivity index (χ0v) is 17.4. The first-order valence-electron chi connectivity index (χ1n) is 10.1. The van der Waals surface area contributed by atoms with E-state index in [0.717, 1.165) is 59.9 Å². The fourth-order valence-electron chi connectivity index (χ4n) is 4.06. The number of aryl methyl sites for hydroxylation is 2. The molecule has 0 amide bonds. The van der Waals surface area contributed by atoms with Crippen LogP contribution in [-0.2, 0) is 19.5 Å². The Kier molecular flexibility index (Phi) is 4.83. The Labute approximate surface area is 173 Å². The molecule has 148 valence electrons. The highest BCUT2D eigenvalue weighted by atomic mass is 15.2. The van der Waals surface area contributed by atoms with Gasteiger partial charge in [0.1, 0.15) is 0 Å². The van der Waals surface area contributed by atoms with Crippen molar-refractivity contribution >= 4 is 5.70 Å². The van der Waals surface area contributed by atoms with Crippen LogP contribution < -0.4 is 11.1 Å². The number of allylic oxidation sites excluding steroid dienone is 2. The molecule has 1 heterocycles. The normalized spacial score (nSPS) is 15.9. The van der Waals surface area contributed by atoms with E-state index in [1.165, 1.54) is 27.8 Å². The smallest absolute Gasteiger partial charge is 0.0683 e. The SMILES string of the molecule is C=C1C(=C)C(N2CCc3ccc(CNC(=C)c4ccc(C)c(C)c4)cc3C2)=C1N. The molecule has 2 aliphatic rings. The standard InChI is InChI=1S/C26H29N3/c1-16-6-8-23(12-17(16)2)20(5)28-14-21-7-9-22-10-11-29(15-24(22)13-21)26-19(4)18(3)25(26)27/h6-9,12-13,28H,3-5,10-11,14-15,27H2,1-2H3. The summed E-state index contributed by atoms with van der Waals surface area (Å²) in [7, 11) is 0. The molecular formula is C26H29N3. The van der Waals surface area contributed by atoms with Gasteiger partial charge in [-0.05, 0) is 59.7 Å². The topological polar surface area (TPSA) is 41.3 Å². The molecule has 4 rings (SSSR count). The lowest BCUT2D eigenvalue weighted by Gasteiger charge is -2.39.